The van der Waals surface area contributed by atoms with Crippen molar-refractivity contribution in [3.63, 3.8) is 0 Å². The number of H-pyrrole nitrogens is 1. The first-order valence-corrected chi connectivity index (χ1v) is 13.5. The minimum atomic E-state index is -3.52. The maximum absolute atomic E-state index is 12.8. The van der Waals surface area contributed by atoms with Crippen LogP contribution in [0.1, 0.15) is 43.8 Å². The number of oxime groups is 1. The number of carbonyl (C=O) groups is 2. The Bertz CT molecular complexity index is 1620. The summed E-state index contributed by atoms with van der Waals surface area (Å²) in [6.45, 7) is 2.00. The molecule has 0 atom stereocenters. The van der Waals surface area contributed by atoms with Crippen molar-refractivity contribution in [1.82, 2.24) is 9.78 Å². The topological polar surface area (TPSA) is 157 Å². The molecule has 2 aromatic carbocycles. The number of carboxylic acids is 1. The van der Waals surface area contributed by atoms with E-state index in [0.29, 0.717) is 29.9 Å². The van der Waals surface area contributed by atoms with E-state index >= 15 is 0 Å². The van der Waals surface area contributed by atoms with Gasteiger partial charge in [-0.05, 0) is 36.8 Å². The van der Waals surface area contributed by atoms with Crippen LogP contribution in [-0.2, 0) is 21.7 Å². The van der Waals surface area contributed by atoms with Crippen molar-refractivity contribution in [3.05, 3.63) is 78.7 Å². The van der Waals surface area contributed by atoms with Gasteiger partial charge >= 0.3 is 5.97 Å². The van der Waals surface area contributed by atoms with Crippen LogP contribution in [-0.4, -0.2) is 60.7 Å². The summed E-state index contributed by atoms with van der Waals surface area (Å²) in [7, 11) is -0.678. The lowest BCUT2D eigenvalue weighted by Crippen LogP contribution is -2.21. The highest BCUT2D eigenvalue weighted by Gasteiger charge is 2.27. The number of carboxylic acid groups (broad SMARTS) is 1. The van der Waals surface area contributed by atoms with Crippen molar-refractivity contribution in [3.8, 4) is 5.75 Å². The van der Waals surface area contributed by atoms with Gasteiger partial charge < -0.3 is 19.8 Å². The minimum absolute atomic E-state index is 0.00623. The fraction of sp³-hybridized carbons (Fsp3) is 0.250. The number of halogens is 2. The Hall–Kier alpha value is -3.61. The van der Waals surface area contributed by atoms with Crippen LogP contribution in [0.15, 0.2) is 45.3 Å². The number of methoxy groups -OCH3 is 1. The van der Waals surface area contributed by atoms with Gasteiger partial charge in [-0.2, -0.15) is 0 Å². The lowest BCUT2D eigenvalue weighted by atomic mass is 9.93. The summed E-state index contributed by atoms with van der Waals surface area (Å²) in [5, 5.41) is 15.7. The van der Waals surface area contributed by atoms with Crippen molar-refractivity contribution < 1.29 is 32.7 Å². The van der Waals surface area contributed by atoms with Crippen molar-refractivity contribution in [1.29, 1.82) is 0 Å². The standard InChI is InChI=1S/C16H17N3O5S.C8H6Cl2O3/c1-9-10(15(20)11-8-17-19(2)16(11)21)4-5-13(25(3,22)23)14(9)12-6-7-24-18-12;1-13-7-5(10)3-2-4(9)6(7)8(11)12/h4-5,8,17H,6-7H2,1-3H3;2-3H,1H3,(H,11,12). The molecule has 1 aliphatic rings. The molecule has 0 spiro atoms. The molecule has 0 bridgehead atoms. The largest absolute Gasteiger partial charge is 0.494 e. The molecule has 0 saturated carbocycles. The second kappa shape index (κ2) is 11.4. The van der Waals surface area contributed by atoms with Gasteiger partial charge in [-0.15, -0.1) is 0 Å². The lowest BCUT2D eigenvalue weighted by Gasteiger charge is -2.13. The number of hydrogen-bond donors (Lipinski definition) is 2. The molecular formula is C24H23Cl2N3O8S. The van der Waals surface area contributed by atoms with Gasteiger partial charge in [0.2, 0.25) is 0 Å². The summed E-state index contributed by atoms with van der Waals surface area (Å²) in [4.78, 5) is 40.6. The van der Waals surface area contributed by atoms with E-state index in [9.17, 15) is 22.8 Å². The molecule has 0 amide bonds. The smallest absolute Gasteiger partial charge is 0.341 e. The van der Waals surface area contributed by atoms with E-state index in [1.54, 1.807) is 6.92 Å². The van der Waals surface area contributed by atoms with Gasteiger partial charge in [0.15, 0.2) is 21.4 Å². The Kier molecular flexibility index (Phi) is 8.70. The first-order valence-electron chi connectivity index (χ1n) is 10.9. The van der Waals surface area contributed by atoms with E-state index in [1.807, 2.05) is 0 Å². The van der Waals surface area contributed by atoms with E-state index in [0.717, 1.165) is 6.26 Å². The summed E-state index contributed by atoms with van der Waals surface area (Å²) in [5.74, 6) is -1.55. The van der Waals surface area contributed by atoms with Gasteiger partial charge in [0.05, 0.1) is 27.8 Å². The van der Waals surface area contributed by atoms with Crippen molar-refractivity contribution in [2.24, 2.45) is 12.2 Å². The van der Waals surface area contributed by atoms with Gasteiger partial charge in [-0.25, -0.2) is 13.2 Å². The predicted octanol–water partition coefficient (Wildman–Crippen LogP) is 3.48. The molecule has 14 heteroatoms. The molecule has 0 fully saturated rings. The van der Waals surface area contributed by atoms with Gasteiger partial charge in [0.25, 0.3) is 5.56 Å². The Morgan fingerprint density at radius 2 is 1.82 bits per heavy atom. The summed E-state index contributed by atoms with van der Waals surface area (Å²) >= 11 is 11.4. The Labute approximate surface area is 227 Å². The summed E-state index contributed by atoms with van der Waals surface area (Å²) in [5.41, 5.74) is 1.01. The zero-order valence-electron chi connectivity index (χ0n) is 20.7. The van der Waals surface area contributed by atoms with Gasteiger partial charge in [-0.1, -0.05) is 28.4 Å². The number of sulfone groups is 1. The SMILES string of the molecule is COc1c(Cl)ccc(Cl)c1C(=O)O.Cc1c(C(=O)c2c[nH]n(C)c2=O)ccc(S(C)(=O)=O)c1C1=NOCC1. The lowest BCUT2D eigenvalue weighted by molar-refractivity contribution is 0.0693. The normalized spacial score (nSPS) is 12.7. The van der Waals surface area contributed by atoms with Crippen LogP contribution in [0, 0.1) is 6.92 Å². The predicted molar refractivity (Wildman–Crippen MR) is 141 cm³/mol. The van der Waals surface area contributed by atoms with Crippen molar-refractivity contribution >= 4 is 50.5 Å². The number of rotatable bonds is 6. The monoisotopic (exact) mass is 583 g/mol. The number of benzene rings is 2. The number of aryl methyl sites for hydroxylation is 1. The second-order valence-electron chi connectivity index (χ2n) is 8.13. The molecule has 38 heavy (non-hydrogen) atoms. The number of nitrogens with zero attached hydrogens (tertiary/aromatic N) is 2. The molecule has 1 aromatic heterocycles. The highest BCUT2D eigenvalue weighted by molar-refractivity contribution is 7.90. The minimum Gasteiger partial charge on any atom is -0.494 e. The molecule has 2 N–H and O–H groups in total. The number of carbonyl (C=O) groups excluding carboxylic acids is 1. The van der Waals surface area contributed by atoms with Crippen molar-refractivity contribution in [2.45, 2.75) is 18.2 Å². The Morgan fingerprint density at radius 1 is 1.16 bits per heavy atom. The molecule has 0 unspecified atom stereocenters. The first-order chi connectivity index (χ1) is 17.8. The van der Waals surface area contributed by atoms with Crippen LogP contribution in [0.5, 0.6) is 5.75 Å². The fourth-order valence-corrected chi connectivity index (χ4v) is 5.21. The average Bonchev–Trinajstić information content (AvgIpc) is 3.49. The van der Waals surface area contributed by atoms with E-state index in [1.165, 1.54) is 49.3 Å². The van der Waals surface area contributed by atoms with Crippen LogP contribution < -0.4 is 10.3 Å². The number of hydrogen-bond acceptors (Lipinski definition) is 8. The molecule has 202 valence electrons. The summed E-state index contributed by atoms with van der Waals surface area (Å²) in [6.07, 6.45) is 2.89. The van der Waals surface area contributed by atoms with E-state index < -0.39 is 27.1 Å². The third-order valence-corrected chi connectivity index (χ3v) is 7.38. The third kappa shape index (κ3) is 5.77. The number of aromatic nitrogens is 2. The molecule has 11 nitrogen and oxygen atoms in total. The number of aromatic amines is 1. The molecule has 2 heterocycles. The molecule has 0 saturated heterocycles. The van der Waals surface area contributed by atoms with E-state index in [4.69, 9.17) is 37.9 Å². The number of ether oxygens (including phenoxy) is 1. The highest BCUT2D eigenvalue weighted by atomic mass is 35.5. The van der Waals surface area contributed by atoms with Gasteiger partial charge in [-0.3, -0.25) is 14.3 Å². The second-order valence-corrected chi connectivity index (χ2v) is 10.9. The van der Waals surface area contributed by atoms with Gasteiger partial charge in [0.1, 0.15) is 17.7 Å². The quantitative estimate of drug-likeness (QED) is 0.417. The number of nitrogens with one attached hydrogen (secondary N) is 1. The zero-order chi connectivity index (χ0) is 28.4. The molecular weight excluding hydrogens is 561 g/mol. The van der Waals surface area contributed by atoms with Crippen LogP contribution in [0.3, 0.4) is 0 Å². The van der Waals surface area contributed by atoms with Crippen LogP contribution in [0.25, 0.3) is 0 Å². The molecule has 4 rings (SSSR count). The van der Waals surface area contributed by atoms with E-state index in [-0.39, 0.29) is 37.4 Å². The first kappa shape index (κ1) is 29.0. The summed E-state index contributed by atoms with van der Waals surface area (Å²) < 4.78 is 30.3. The highest BCUT2D eigenvalue weighted by Crippen LogP contribution is 2.33. The van der Waals surface area contributed by atoms with Gasteiger partial charge in [0, 0.05) is 37.0 Å². The van der Waals surface area contributed by atoms with Crippen LogP contribution >= 0.6 is 23.2 Å². The van der Waals surface area contributed by atoms with Crippen molar-refractivity contribution in [2.75, 3.05) is 20.0 Å². The van der Waals surface area contributed by atoms with E-state index in [2.05, 4.69) is 10.3 Å². The Morgan fingerprint density at radius 3 is 2.29 bits per heavy atom. The average molecular weight is 584 g/mol. The fourth-order valence-electron chi connectivity index (χ4n) is 3.78. The third-order valence-electron chi connectivity index (χ3n) is 5.62. The number of ketones is 1. The molecule has 3 aromatic rings. The van der Waals surface area contributed by atoms with Crippen LogP contribution in [0.2, 0.25) is 10.0 Å². The maximum Gasteiger partial charge on any atom is 0.341 e. The van der Waals surface area contributed by atoms with Crippen LogP contribution in [0.4, 0.5) is 0 Å². The maximum atomic E-state index is 12.8. The Balaban J connectivity index is 0.000000260. The molecule has 1 aliphatic heterocycles. The molecule has 0 radical (unpaired) electrons. The zero-order valence-corrected chi connectivity index (χ0v) is 23.0. The molecule has 0 aliphatic carbocycles. The number of aromatic carboxylic acids is 1. The summed E-state index contributed by atoms with van der Waals surface area (Å²) in [6, 6.07) is 5.70.